The number of phenols is 1. The summed E-state index contributed by atoms with van der Waals surface area (Å²) in [5.41, 5.74) is 5.37. The molecule has 2 N–H and O–H groups in total. The number of hydrogen-bond acceptors (Lipinski definition) is 5. The first-order chi connectivity index (χ1) is 12.4. The highest BCUT2D eigenvalue weighted by Gasteiger charge is 2.31. The minimum atomic E-state index is -2.08. The van der Waals surface area contributed by atoms with Crippen molar-refractivity contribution in [2.24, 2.45) is 0 Å². The normalized spacial score (nSPS) is 16.2. The van der Waals surface area contributed by atoms with Gasteiger partial charge in [0.25, 0.3) is 0 Å². The molecule has 26 heavy (non-hydrogen) atoms. The van der Waals surface area contributed by atoms with Crippen molar-refractivity contribution in [1.82, 2.24) is 4.90 Å². The van der Waals surface area contributed by atoms with Gasteiger partial charge in [-0.3, -0.25) is 0 Å². The number of aryl methyl sites for hydroxylation is 1. The molecule has 0 fully saturated rings. The molecule has 0 bridgehead atoms. The van der Waals surface area contributed by atoms with Gasteiger partial charge in [0.05, 0.1) is 0 Å². The van der Waals surface area contributed by atoms with Gasteiger partial charge in [0.2, 0.25) is 0 Å². The minimum Gasteiger partial charge on any atom is -0.504 e. The highest BCUT2D eigenvalue weighted by atomic mass is 31.2. The summed E-state index contributed by atoms with van der Waals surface area (Å²) in [7, 11) is 3.44. The van der Waals surface area contributed by atoms with Gasteiger partial charge >= 0.3 is 8.60 Å². The largest absolute Gasteiger partial charge is 0.504 e. The van der Waals surface area contributed by atoms with Crippen LogP contribution in [-0.2, 0) is 10.9 Å². The molecular weight excluding hydrogens is 349 g/mol. The molecule has 0 radical (unpaired) electrons. The zero-order valence-electron chi connectivity index (χ0n) is 16.3. The lowest BCUT2D eigenvalue weighted by atomic mass is 9.79. The van der Waals surface area contributed by atoms with Gasteiger partial charge in [-0.15, -0.1) is 0 Å². The third-order valence-electron chi connectivity index (χ3n) is 4.51. The predicted molar refractivity (Wildman–Crippen MR) is 107 cm³/mol. The average Bonchev–Trinajstić information content (AvgIpc) is 2.64. The summed E-state index contributed by atoms with van der Waals surface area (Å²) in [5.74, 6) is 0.287. The first-order valence-corrected chi connectivity index (χ1v) is 9.89. The van der Waals surface area contributed by atoms with Gasteiger partial charge < -0.3 is 23.9 Å². The number of fused-ring (bicyclic) bond motifs is 3. The Morgan fingerprint density at radius 3 is 2.46 bits per heavy atom. The van der Waals surface area contributed by atoms with Crippen LogP contribution < -0.4 is 4.52 Å². The molecule has 2 atom stereocenters. The van der Waals surface area contributed by atoms with Crippen LogP contribution in [0, 0.1) is 6.92 Å². The van der Waals surface area contributed by atoms with Crippen LogP contribution in [0.3, 0.4) is 0 Å². The van der Waals surface area contributed by atoms with Crippen molar-refractivity contribution in [2.45, 2.75) is 33.2 Å². The maximum atomic E-state index is 10.3. The lowest BCUT2D eigenvalue weighted by Crippen LogP contribution is -2.26. The first kappa shape index (κ1) is 20.7. The number of benzene rings is 2. The van der Waals surface area contributed by atoms with E-state index in [1.165, 1.54) is 18.2 Å². The van der Waals surface area contributed by atoms with Crippen LogP contribution in [0.25, 0.3) is 11.1 Å². The number of rotatable bonds is 4. The maximum Gasteiger partial charge on any atom is 0.394 e. The van der Waals surface area contributed by atoms with Crippen LogP contribution in [-0.4, -0.2) is 36.1 Å². The average molecular weight is 377 g/mol. The number of nitrogens with zero attached hydrogens (tertiary/aromatic N) is 1. The molecule has 0 saturated heterocycles. The van der Waals surface area contributed by atoms with Crippen molar-refractivity contribution in [1.29, 1.82) is 0 Å². The standard InChI is InChI=1S/C18H22NO4P.C2H6/c1-11-6-5-7-13-16(11)14(19(2)3)10-12-8-9-15(20)18(17(12)13)23-24(21)22-4;1-2/h5-9,14,20-21H,10H2,1-4H3;1-2H3. The van der Waals surface area contributed by atoms with E-state index < -0.39 is 8.60 Å². The van der Waals surface area contributed by atoms with E-state index in [0.29, 0.717) is 0 Å². The zero-order chi connectivity index (χ0) is 19.4. The van der Waals surface area contributed by atoms with E-state index in [1.54, 1.807) is 6.07 Å². The Morgan fingerprint density at radius 2 is 1.85 bits per heavy atom. The zero-order valence-corrected chi connectivity index (χ0v) is 17.2. The highest BCUT2D eigenvalue weighted by Crippen LogP contribution is 2.51. The Balaban J connectivity index is 0.00000117. The van der Waals surface area contributed by atoms with Crippen LogP contribution in [0.15, 0.2) is 30.3 Å². The second kappa shape index (κ2) is 8.83. The second-order valence-electron chi connectivity index (χ2n) is 6.18. The molecule has 5 nitrogen and oxygen atoms in total. The van der Waals surface area contributed by atoms with Crippen molar-refractivity contribution < 1.29 is 19.0 Å². The van der Waals surface area contributed by atoms with Crippen molar-refractivity contribution in [3.63, 3.8) is 0 Å². The quantitative estimate of drug-likeness (QED) is 0.750. The fraction of sp³-hybridized carbons (Fsp3) is 0.400. The minimum absolute atomic E-state index is 0.00288. The van der Waals surface area contributed by atoms with E-state index in [1.807, 2.05) is 32.0 Å². The Morgan fingerprint density at radius 1 is 1.15 bits per heavy atom. The molecule has 0 spiro atoms. The summed E-state index contributed by atoms with van der Waals surface area (Å²) in [4.78, 5) is 12.0. The molecule has 1 aliphatic carbocycles. The molecule has 0 aromatic heterocycles. The van der Waals surface area contributed by atoms with Crippen LogP contribution >= 0.6 is 8.60 Å². The first-order valence-electron chi connectivity index (χ1n) is 8.76. The van der Waals surface area contributed by atoms with Crippen molar-refractivity contribution in [3.05, 3.63) is 47.0 Å². The summed E-state index contributed by atoms with van der Waals surface area (Å²) in [5, 5.41) is 10.3. The van der Waals surface area contributed by atoms with E-state index >= 15 is 0 Å². The fourth-order valence-electron chi connectivity index (χ4n) is 3.38. The Bertz CT molecular complexity index is 764. The van der Waals surface area contributed by atoms with E-state index in [2.05, 4.69) is 32.0 Å². The molecule has 1 aliphatic rings. The van der Waals surface area contributed by atoms with Crippen LogP contribution in [0.2, 0.25) is 0 Å². The van der Waals surface area contributed by atoms with Crippen LogP contribution in [0.1, 0.15) is 36.6 Å². The topological polar surface area (TPSA) is 62.2 Å². The second-order valence-corrected chi connectivity index (χ2v) is 7.20. The molecule has 142 valence electrons. The molecule has 3 rings (SSSR count). The van der Waals surface area contributed by atoms with E-state index in [9.17, 15) is 10.00 Å². The number of aromatic hydroxyl groups is 1. The molecule has 6 heteroatoms. The summed E-state index contributed by atoms with van der Waals surface area (Å²) in [6.45, 7) is 6.09. The predicted octanol–water partition coefficient (Wildman–Crippen LogP) is 4.80. The summed E-state index contributed by atoms with van der Waals surface area (Å²) in [6, 6.07) is 9.92. The summed E-state index contributed by atoms with van der Waals surface area (Å²) >= 11 is 0. The van der Waals surface area contributed by atoms with Gasteiger partial charge in [-0.1, -0.05) is 38.1 Å². The van der Waals surface area contributed by atoms with Gasteiger partial charge in [-0.05, 0) is 55.8 Å². The lowest BCUT2D eigenvalue weighted by molar-refractivity contribution is 0.293. The van der Waals surface area contributed by atoms with Gasteiger partial charge in [0, 0.05) is 18.7 Å². The van der Waals surface area contributed by atoms with Crippen molar-refractivity contribution in [2.75, 3.05) is 21.2 Å². The summed E-state index contributed by atoms with van der Waals surface area (Å²) in [6.07, 6.45) is 0.813. The number of phenolic OH excluding ortho intramolecular Hbond substituents is 1. The summed E-state index contributed by atoms with van der Waals surface area (Å²) < 4.78 is 10.4. The fourth-order valence-corrected chi connectivity index (χ4v) is 3.79. The molecule has 0 amide bonds. The maximum absolute atomic E-state index is 10.3. The Hall–Kier alpha value is -1.65. The van der Waals surface area contributed by atoms with E-state index in [4.69, 9.17) is 9.05 Å². The smallest absolute Gasteiger partial charge is 0.394 e. The van der Waals surface area contributed by atoms with Gasteiger partial charge in [-0.2, -0.15) is 0 Å². The molecular formula is C20H28NO4P. The van der Waals surface area contributed by atoms with Crippen LogP contribution in [0.5, 0.6) is 11.5 Å². The third-order valence-corrected chi connectivity index (χ3v) is 5.16. The van der Waals surface area contributed by atoms with Gasteiger partial charge in [-0.25, -0.2) is 0 Å². The third kappa shape index (κ3) is 3.86. The Kier molecular flexibility index (Phi) is 7.01. The van der Waals surface area contributed by atoms with Gasteiger partial charge in [0.15, 0.2) is 11.5 Å². The molecule has 0 saturated carbocycles. The van der Waals surface area contributed by atoms with E-state index in [-0.39, 0.29) is 17.5 Å². The van der Waals surface area contributed by atoms with Crippen molar-refractivity contribution in [3.8, 4) is 22.6 Å². The Labute approximate surface area is 157 Å². The van der Waals surface area contributed by atoms with Crippen molar-refractivity contribution >= 4 is 8.60 Å². The molecule has 2 aromatic carbocycles. The van der Waals surface area contributed by atoms with Crippen LogP contribution in [0.4, 0.5) is 0 Å². The molecule has 2 aromatic rings. The molecule has 2 unspecified atom stereocenters. The highest BCUT2D eigenvalue weighted by molar-refractivity contribution is 7.41. The monoisotopic (exact) mass is 377 g/mol. The van der Waals surface area contributed by atoms with Gasteiger partial charge in [0.1, 0.15) is 0 Å². The van der Waals surface area contributed by atoms with E-state index in [0.717, 1.165) is 23.1 Å². The number of hydrogen-bond donors (Lipinski definition) is 2. The lowest BCUT2D eigenvalue weighted by Gasteiger charge is -2.34. The SMILES string of the molecule is CC.COP(O)Oc1c(O)ccc2c1-c1cccc(C)c1C(N(C)C)C2. The molecule has 0 aliphatic heterocycles. The number of likely N-dealkylation sites (N-methyl/N-ethyl adjacent to an activating group) is 1. The molecule has 0 heterocycles.